The second kappa shape index (κ2) is 6.97. The molecule has 0 unspecified atom stereocenters. The highest BCUT2D eigenvalue weighted by atomic mass is 15.1. The highest BCUT2D eigenvalue weighted by molar-refractivity contribution is 5.52. The van der Waals surface area contributed by atoms with Crippen LogP contribution in [0, 0.1) is 11.3 Å². The van der Waals surface area contributed by atoms with Crippen molar-refractivity contribution in [3.63, 3.8) is 0 Å². The average Bonchev–Trinajstić information content (AvgIpc) is 2.34. The first-order valence-electron chi connectivity index (χ1n) is 6.34. The van der Waals surface area contributed by atoms with Gasteiger partial charge < -0.3 is 10.2 Å². The Balaban J connectivity index is 2.67. The Labute approximate surface area is 110 Å². The lowest BCUT2D eigenvalue weighted by Crippen LogP contribution is -2.17. The van der Waals surface area contributed by atoms with E-state index in [9.17, 15) is 0 Å². The molecule has 0 saturated heterocycles. The smallest absolute Gasteiger partial charge is 0.144 e. The van der Waals surface area contributed by atoms with Gasteiger partial charge in [-0.2, -0.15) is 5.26 Å². The molecule has 1 N–H and O–H groups in total. The van der Waals surface area contributed by atoms with Crippen LogP contribution in [0.5, 0.6) is 0 Å². The molecule has 0 amide bonds. The summed E-state index contributed by atoms with van der Waals surface area (Å²) in [5, 5.41) is 12.3. The molecule has 1 aromatic heterocycles. The third-order valence-electron chi connectivity index (χ3n) is 2.70. The molecule has 0 aliphatic carbocycles. The Hall–Kier alpha value is -1.60. The number of nitrogens with zero attached hydrogens (tertiary/aromatic N) is 3. The fourth-order valence-electron chi connectivity index (χ4n) is 1.62. The van der Waals surface area contributed by atoms with Crippen LogP contribution in [0.25, 0.3) is 0 Å². The Kier molecular flexibility index (Phi) is 5.60. The van der Waals surface area contributed by atoms with Crippen molar-refractivity contribution >= 4 is 5.82 Å². The summed E-state index contributed by atoms with van der Waals surface area (Å²) in [4.78, 5) is 6.66. The summed E-state index contributed by atoms with van der Waals surface area (Å²) in [5.74, 6) is 1.09. The molecule has 0 spiro atoms. The number of anilines is 1. The van der Waals surface area contributed by atoms with Crippen molar-refractivity contribution in [3.05, 3.63) is 23.4 Å². The molecule has 4 heteroatoms. The van der Waals surface area contributed by atoms with E-state index in [1.54, 1.807) is 0 Å². The van der Waals surface area contributed by atoms with Gasteiger partial charge in [0.15, 0.2) is 0 Å². The molecule has 1 heterocycles. The van der Waals surface area contributed by atoms with E-state index < -0.39 is 0 Å². The van der Waals surface area contributed by atoms with Crippen molar-refractivity contribution in [3.8, 4) is 6.07 Å². The second-order valence-electron chi connectivity index (χ2n) is 4.98. The van der Waals surface area contributed by atoms with Gasteiger partial charge in [0.1, 0.15) is 11.9 Å². The Morgan fingerprint density at radius 1 is 1.39 bits per heavy atom. The minimum absolute atomic E-state index is 0.375. The molecule has 0 fully saturated rings. The average molecular weight is 246 g/mol. The molecule has 4 nitrogen and oxygen atoms in total. The third-order valence-corrected chi connectivity index (χ3v) is 2.70. The van der Waals surface area contributed by atoms with E-state index in [-0.39, 0.29) is 0 Å². The van der Waals surface area contributed by atoms with Gasteiger partial charge in [-0.25, -0.2) is 4.98 Å². The molecule has 1 aromatic rings. The molecule has 0 radical (unpaired) electrons. The predicted molar refractivity (Wildman–Crippen MR) is 74.7 cm³/mol. The summed E-state index contributed by atoms with van der Waals surface area (Å²) >= 11 is 0. The topological polar surface area (TPSA) is 52.0 Å². The van der Waals surface area contributed by atoms with Crippen molar-refractivity contribution in [1.29, 1.82) is 5.26 Å². The predicted octanol–water partition coefficient (Wildman–Crippen LogP) is 2.44. The number of pyridine rings is 1. The van der Waals surface area contributed by atoms with E-state index in [0.717, 1.165) is 25.2 Å². The fraction of sp³-hybridized carbons (Fsp3) is 0.571. The SMILES string of the molecule is CC(C)c1ccc(C#N)c(NCCCN(C)C)n1. The molecular formula is C14H22N4. The quantitative estimate of drug-likeness (QED) is 0.783. The zero-order chi connectivity index (χ0) is 13.5. The maximum absolute atomic E-state index is 9.05. The summed E-state index contributed by atoms with van der Waals surface area (Å²) in [6, 6.07) is 5.94. The molecule has 0 atom stereocenters. The molecule has 0 aliphatic rings. The standard InChI is InChI=1S/C14H22N4/c1-11(2)13-7-6-12(10-15)14(17-13)16-8-5-9-18(3)4/h6-7,11H,5,8-9H2,1-4H3,(H,16,17). The Morgan fingerprint density at radius 3 is 2.67 bits per heavy atom. The lowest BCUT2D eigenvalue weighted by molar-refractivity contribution is 0.405. The number of hydrogen-bond donors (Lipinski definition) is 1. The van der Waals surface area contributed by atoms with E-state index in [0.29, 0.717) is 17.3 Å². The lowest BCUT2D eigenvalue weighted by Gasteiger charge is -2.12. The van der Waals surface area contributed by atoms with Crippen molar-refractivity contribution in [2.24, 2.45) is 0 Å². The molecule has 0 aromatic carbocycles. The van der Waals surface area contributed by atoms with Crippen LogP contribution in [-0.2, 0) is 0 Å². The summed E-state index contributed by atoms with van der Waals surface area (Å²) in [7, 11) is 4.11. The second-order valence-corrected chi connectivity index (χ2v) is 4.98. The Bertz CT molecular complexity index is 418. The van der Waals surface area contributed by atoms with Crippen LogP contribution in [0.1, 0.15) is 37.4 Å². The minimum atomic E-state index is 0.375. The molecule has 0 bridgehead atoms. The molecule has 98 valence electrons. The zero-order valence-corrected chi connectivity index (χ0v) is 11.7. The molecule has 1 rings (SSSR count). The first kappa shape index (κ1) is 14.5. The monoisotopic (exact) mass is 246 g/mol. The summed E-state index contributed by atoms with van der Waals surface area (Å²) in [6.45, 7) is 6.06. The van der Waals surface area contributed by atoms with Gasteiger partial charge in [-0.15, -0.1) is 0 Å². The van der Waals surface area contributed by atoms with E-state index in [4.69, 9.17) is 5.26 Å². The minimum Gasteiger partial charge on any atom is -0.369 e. The number of nitrogens with one attached hydrogen (secondary N) is 1. The molecule has 0 aliphatic heterocycles. The maximum Gasteiger partial charge on any atom is 0.144 e. The van der Waals surface area contributed by atoms with Crippen LogP contribution < -0.4 is 5.32 Å². The first-order chi connectivity index (χ1) is 8.54. The zero-order valence-electron chi connectivity index (χ0n) is 11.7. The van der Waals surface area contributed by atoms with Gasteiger partial charge in [-0.05, 0) is 45.1 Å². The Morgan fingerprint density at radius 2 is 2.11 bits per heavy atom. The van der Waals surface area contributed by atoms with E-state index >= 15 is 0 Å². The van der Waals surface area contributed by atoms with Crippen molar-refractivity contribution in [2.75, 3.05) is 32.5 Å². The fourth-order valence-corrected chi connectivity index (χ4v) is 1.62. The van der Waals surface area contributed by atoms with E-state index in [1.807, 2.05) is 12.1 Å². The van der Waals surface area contributed by atoms with Crippen LogP contribution in [0.2, 0.25) is 0 Å². The van der Waals surface area contributed by atoms with E-state index in [1.165, 1.54) is 0 Å². The number of rotatable bonds is 6. The van der Waals surface area contributed by atoms with Crippen LogP contribution in [0.3, 0.4) is 0 Å². The first-order valence-corrected chi connectivity index (χ1v) is 6.34. The van der Waals surface area contributed by atoms with Crippen molar-refractivity contribution in [2.45, 2.75) is 26.2 Å². The molecule has 0 saturated carbocycles. The van der Waals surface area contributed by atoms with Crippen molar-refractivity contribution in [1.82, 2.24) is 9.88 Å². The molecule has 18 heavy (non-hydrogen) atoms. The van der Waals surface area contributed by atoms with Gasteiger partial charge >= 0.3 is 0 Å². The normalized spacial score (nSPS) is 10.7. The van der Waals surface area contributed by atoms with Gasteiger partial charge in [-0.1, -0.05) is 13.8 Å². The molecular weight excluding hydrogens is 224 g/mol. The van der Waals surface area contributed by atoms with Crippen LogP contribution in [-0.4, -0.2) is 37.1 Å². The lowest BCUT2D eigenvalue weighted by atomic mass is 10.1. The summed E-state index contributed by atoms with van der Waals surface area (Å²) < 4.78 is 0. The van der Waals surface area contributed by atoms with Gasteiger partial charge in [-0.3, -0.25) is 0 Å². The van der Waals surface area contributed by atoms with E-state index in [2.05, 4.69) is 49.2 Å². The summed E-state index contributed by atoms with van der Waals surface area (Å²) in [6.07, 6.45) is 1.03. The number of nitriles is 1. The maximum atomic E-state index is 9.05. The highest BCUT2D eigenvalue weighted by Gasteiger charge is 2.07. The van der Waals surface area contributed by atoms with Crippen molar-refractivity contribution < 1.29 is 0 Å². The van der Waals surface area contributed by atoms with Gasteiger partial charge in [0, 0.05) is 12.2 Å². The van der Waals surface area contributed by atoms with Crippen LogP contribution >= 0.6 is 0 Å². The largest absolute Gasteiger partial charge is 0.369 e. The van der Waals surface area contributed by atoms with Gasteiger partial charge in [0.25, 0.3) is 0 Å². The van der Waals surface area contributed by atoms with Crippen LogP contribution in [0.15, 0.2) is 12.1 Å². The van der Waals surface area contributed by atoms with Gasteiger partial charge in [0.2, 0.25) is 0 Å². The number of aromatic nitrogens is 1. The highest BCUT2D eigenvalue weighted by Crippen LogP contribution is 2.18. The summed E-state index contributed by atoms with van der Waals surface area (Å²) in [5.41, 5.74) is 1.63. The number of hydrogen-bond acceptors (Lipinski definition) is 4. The van der Waals surface area contributed by atoms with Gasteiger partial charge in [0.05, 0.1) is 5.56 Å². The van der Waals surface area contributed by atoms with Crippen LogP contribution in [0.4, 0.5) is 5.82 Å². The third kappa shape index (κ3) is 4.34.